The molecule has 0 atom stereocenters. The zero-order valence-corrected chi connectivity index (χ0v) is 20.3. The molecule has 0 unspecified atom stereocenters. The molecule has 2 rings (SSSR count). The van der Waals surface area contributed by atoms with Crippen LogP contribution in [0.4, 0.5) is 0 Å². The first-order valence-corrected chi connectivity index (χ1v) is 10.7. The molecule has 2 N–H and O–H groups in total. The minimum atomic E-state index is -0.516. The van der Waals surface area contributed by atoms with E-state index >= 15 is 0 Å². The molecule has 0 radical (unpaired) electrons. The zero-order valence-electron chi connectivity index (χ0n) is 18.7. The minimum absolute atomic E-state index is 0.251. The van der Waals surface area contributed by atoms with Crippen molar-refractivity contribution in [2.45, 2.75) is 6.92 Å². The molecule has 0 bridgehead atoms. The van der Waals surface area contributed by atoms with Gasteiger partial charge in [0.05, 0.1) is 33.3 Å². The maximum atomic E-state index is 12.1. The Morgan fingerprint density at radius 2 is 1.74 bits per heavy atom. The van der Waals surface area contributed by atoms with E-state index in [-0.39, 0.29) is 13.2 Å². The highest BCUT2D eigenvalue weighted by atomic mass is 79.9. The molecule has 2 aromatic carbocycles. The fourth-order valence-corrected chi connectivity index (χ4v) is 2.95. The van der Waals surface area contributed by atoms with E-state index in [1.807, 2.05) is 6.92 Å². The van der Waals surface area contributed by atoms with E-state index in [9.17, 15) is 9.59 Å². The highest BCUT2D eigenvalue weighted by Gasteiger charge is 2.12. The van der Waals surface area contributed by atoms with E-state index < -0.39 is 11.9 Å². The van der Waals surface area contributed by atoms with Gasteiger partial charge in [-0.1, -0.05) is 5.16 Å². The first-order chi connectivity index (χ1) is 16.4. The average molecular weight is 538 g/mol. The third-order valence-corrected chi connectivity index (χ3v) is 4.77. The van der Waals surface area contributed by atoms with E-state index in [4.69, 9.17) is 24.2 Å². The van der Waals surface area contributed by atoms with Crippen molar-refractivity contribution >= 4 is 40.2 Å². The zero-order chi connectivity index (χ0) is 24.9. The van der Waals surface area contributed by atoms with Gasteiger partial charge in [0.25, 0.3) is 5.91 Å². The van der Waals surface area contributed by atoms with E-state index in [1.54, 1.807) is 30.3 Å². The lowest BCUT2D eigenvalue weighted by Gasteiger charge is -2.12. The molecule has 34 heavy (non-hydrogen) atoms. The molecule has 12 heteroatoms. The number of hydrogen-bond acceptors (Lipinski definition) is 10. The second-order valence-electron chi connectivity index (χ2n) is 6.35. The number of hydrogen-bond donors (Lipinski definition) is 2. The highest BCUT2D eigenvalue weighted by molar-refractivity contribution is 9.10. The van der Waals surface area contributed by atoms with Gasteiger partial charge in [0, 0.05) is 10.0 Å². The molecule has 0 spiro atoms. The van der Waals surface area contributed by atoms with E-state index in [1.165, 1.54) is 26.6 Å². The predicted molar refractivity (Wildman–Crippen MR) is 126 cm³/mol. The number of hydrazone groups is 1. The van der Waals surface area contributed by atoms with Crippen LogP contribution in [0.5, 0.6) is 23.0 Å². The summed E-state index contributed by atoms with van der Waals surface area (Å²) >= 11 is 3.32. The standard InChI is InChI=1S/C22H24BrN3O8/c1-4-32-19-7-14(5-6-17(19)34-13-22(28)31-3)10-24-26-21(27)12-33-20-9-16(23)15(11-25-29)8-18(20)30-2/h5-11,29H,4,12-13H2,1-3H3,(H,26,27)/b24-10-,25-11-. The Bertz CT molecular complexity index is 1060. The summed E-state index contributed by atoms with van der Waals surface area (Å²) in [7, 11) is 2.72. The summed E-state index contributed by atoms with van der Waals surface area (Å²) < 4.78 is 26.8. The molecular formula is C22H24BrN3O8. The Morgan fingerprint density at radius 1 is 1.00 bits per heavy atom. The van der Waals surface area contributed by atoms with Gasteiger partial charge in [-0.05, 0) is 58.7 Å². The predicted octanol–water partition coefficient (Wildman–Crippen LogP) is 2.75. The van der Waals surface area contributed by atoms with Gasteiger partial charge in [-0.2, -0.15) is 5.10 Å². The van der Waals surface area contributed by atoms with Crippen LogP contribution in [0.3, 0.4) is 0 Å². The van der Waals surface area contributed by atoms with Gasteiger partial charge >= 0.3 is 5.97 Å². The van der Waals surface area contributed by atoms with E-state index in [0.29, 0.717) is 45.2 Å². The Labute approximate surface area is 204 Å². The van der Waals surface area contributed by atoms with Crippen LogP contribution in [0.15, 0.2) is 45.1 Å². The maximum absolute atomic E-state index is 12.1. The van der Waals surface area contributed by atoms with Crippen LogP contribution in [0, 0.1) is 0 Å². The Balaban J connectivity index is 1.97. The Morgan fingerprint density at radius 3 is 2.41 bits per heavy atom. The molecule has 0 heterocycles. The number of nitrogens with one attached hydrogen (secondary N) is 1. The van der Waals surface area contributed by atoms with Crippen molar-refractivity contribution in [3.8, 4) is 23.0 Å². The molecule has 2 aromatic rings. The van der Waals surface area contributed by atoms with Crippen molar-refractivity contribution in [1.29, 1.82) is 0 Å². The molecule has 0 fully saturated rings. The summed E-state index contributed by atoms with van der Waals surface area (Å²) in [6.07, 6.45) is 2.65. The summed E-state index contributed by atoms with van der Waals surface area (Å²) in [6.45, 7) is 1.63. The average Bonchev–Trinajstić information content (AvgIpc) is 2.83. The van der Waals surface area contributed by atoms with Crippen LogP contribution in [0.25, 0.3) is 0 Å². The number of carbonyl (C=O) groups is 2. The summed E-state index contributed by atoms with van der Waals surface area (Å²) in [4.78, 5) is 23.4. The van der Waals surface area contributed by atoms with Crippen LogP contribution in [-0.2, 0) is 14.3 Å². The normalized spacial score (nSPS) is 10.8. The molecule has 0 aromatic heterocycles. The van der Waals surface area contributed by atoms with Crippen LogP contribution in [-0.4, -0.2) is 63.6 Å². The number of amides is 1. The lowest BCUT2D eigenvalue weighted by molar-refractivity contribution is -0.142. The molecule has 0 saturated carbocycles. The maximum Gasteiger partial charge on any atom is 0.343 e. The summed E-state index contributed by atoms with van der Waals surface area (Å²) in [6, 6.07) is 8.13. The van der Waals surface area contributed by atoms with Gasteiger partial charge in [-0.25, -0.2) is 10.2 Å². The van der Waals surface area contributed by atoms with Crippen LogP contribution in [0.1, 0.15) is 18.1 Å². The molecule has 11 nitrogen and oxygen atoms in total. The second kappa shape index (κ2) is 13.7. The van der Waals surface area contributed by atoms with Crippen molar-refractivity contribution < 1.29 is 38.5 Å². The van der Waals surface area contributed by atoms with Gasteiger partial charge in [0.1, 0.15) is 0 Å². The van der Waals surface area contributed by atoms with Gasteiger partial charge in [0.2, 0.25) is 0 Å². The third kappa shape index (κ3) is 7.96. The topological polar surface area (TPSA) is 137 Å². The first-order valence-electron chi connectivity index (χ1n) is 9.87. The summed E-state index contributed by atoms with van der Waals surface area (Å²) in [5.74, 6) is 0.437. The quantitative estimate of drug-likeness (QED) is 0.182. The lowest BCUT2D eigenvalue weighted by Crippen LogP contribution is -2.24. The number of carbonyl (C=O) groups excluding carboxylic acids is 2. The van der Waals surface area contributed by atoms with E-state index in [0.717, 1.165) is 0 Å². The van der Waals surface area contributed by atoms with Gasteiger partial charge in [-0.3, -0.25) is 4.79 Å². The second-order valence-corrected chi connectivity index (χ2v) is 7.21. The molecular weight excluding hydrogens is 514 g/mol. The number of halogens is 1. The van der Waals surface area contributed by atoms with Crippen molar-refractivity contribution in [3.63, 3.8) is 0 Å². The van der Waals surface area contributed by atoms with Gasteiger partial charge < -0.3 is 28.9 Å². The van der Waals surface area contributed by atoms with Crippen molar-refractivity contribution in [2.75, 3.05) is 34.0 Å². The van der Waals surface area contributed by atoms with Crippen LogP contribution < -0.4 is 24.4 Å². The minimum Gasteiger partial charge on any atom is -0.493 e. The summed E-state index contributed by atoms with van der Waals surface area (Å²) in [5.41, 5.74) is 3.55. The van der Waals surface area contributed by atoms with Crippen molar-refractivity contribution in [2.24, 2.45) is 10.3 Å². The molecule has 0 aliphatic rings. The lowest BCUT2D eigenvalue weighted by atomic mass is 10.2. The highest BCUT2D eigenvalue weighted by Crippen LogP contribution is 2.33. The molecule has 0 aliphatic heterocycles. The third-order valence-electron chi connectivity index (χ3n) is 4.08. The number of ether oxygens (including phenoxy) is 5. The number of rotatable bonds is 12. The van der Waals surface area contributed by atoms with Gasteiger partial charge in [0.15, 0.2) is 36.2 Å². The number of methoxy groups -OCH3 is 2. The SMILES string of the molecule is CCOc1cc(/C=N\NC(=O)COc2cc(Br)c(/C=N\O)cc2OC)ccc1OCC(=O)OC. The number of nitrogens with zero attached hydrogens (tertiary/aromatic N) is 2. The van der Waals surface area contributed by atoms with Crippen LogP contribution in [0.2, 0.25) is 0 Å². The monoisotopic (exact) mass is 537 g/mol. The van der Waals surface area contributed by atoms with Crippen LogP contribution >= 0.6 is 15.9 Å². The Hall–Kier alpha value is -3.80. The van der Waals surface area contributed by atoms with Crippen molar-refractivity contribution in [1.82, 2.24) is 5.43 Å². The number of esters is 1. The number of oxime groups is 1. The number of benzene rings is 2. The molecule has 1 amide bonds. The largest absolute Gasteiger partial charge is 0.493 e. The molecule has 0 aliphatic carbocycles. The Kier molecular flexibility index (Phi) is 10.6. The molecule has 0 saturated heterocycles. The molecule has 182 valence electrons. The summed E-state index contributed by atoms with van der Waals surface area (Å²) in [5, 5.41) is 15.6. The smallest absolute Gasteiger partial charge is 0.343 e. The van der Waals surface area contributed by atoms with E-state index in [2.05, 4.69) is 36.3 Å². The van der Waals surface area contributed by atoms with Crippen molar-refractivity contribution in [3.05, 3.63) is 45.9 Å². The fourth-order valence-electron chi connectivity index (χ4n) is 2.53. The van der Waals surface area contributed by atoms with Gasteiger partial charge in [-0.15, -0.1) is 0 Å². The fraction of sp³-hybridized carbons (Fsp3) is 0.273. The first kappa shape index (κ1) is 26.5.